The summed E-state index contributed by atoms with van der Waals surface area (Å²) >= 11 is 0. The van der Waals surface area contributed by atoms with Crippen LogP contribution in [-0.4, -0.2) is 78.2 Å². The Balaban J connectivity index is 1.32. The molecule has 0 radical (unpaired) electrons. The van der Waals surface area contributed by atoms with Crippen LogP contribution < -0.4 is 5.32 Å². The minimum Gasteiger partial charge on any atom is -0.459 e. The van der Waals surface area contributed by atoms with Gasteiger partial charge in [0.15, 0.2) is 5.76 Å². The molecule has 34 heavy (non-hydrogen) atoms. The predicted octanol–water partition coefficient (Wildman–Crippen LogP) is 3.10. The summed E-state index contributed by atoms with van der Waals surface area (Å²) in [6.45, 7) is 10.9. The number of benzene rings is 1. The summed E-state index contributed by atoms with van der Waals surface area (Å²) in [6.07, 6.45) is 2.63. The third kappa shape index (κ3) is 5.67. The Morgan fingerprint density at radius 1 is 1.00 bits per heavy atom. The number of piperazine rings is 1. The second-order valence-electron chi connectivity index (χ2n) is 9.77. The molecule has 0 bridgehead atoms. The van der Waals surface area contributed by atoms with Gasteiger partial charge in [0.05, 0.1) is 12.8 Å². The number of nitrogens with one attached hydrogen (secondary N) is 1. The molecule has 0 aliphatic carbocycles. The predicted molar refractivity (Wildman–Crippen MR) is 130 cm³/mol. The van der Waals surface area contributed by atoms with Crippen LogP contribution in [0.25, 0.3) is 0 Å². The Hall–Kier alpha value is -3.13. The number of rotatable bonds is 5. The molecular formula is C26H34N4O4. The van der Waals surface area contributed by atoms with Crippen LogP contribution in [0.3, 0.4) is 0 Å². The molecule has 2 aromatic rings. The Bertz CT molecular complexity index is 1020. The van der Waals surface area contributed by atoms with E-state index in [9.17, 15) is 14.4 Å². The number of nitrogens with zero attached hydrogens (tertiary/aromatic N) is 3. The van der Waals surface area contributed by atoms with Crippen molar-refractivity contribution in [2.24, 2.45) is 11.8 Å². The van der Waals surface area contributed by atoms with E-state index in [-0.39, 0.29) is 23.5 Å². The van der Waals surface area contributed by atoms with Crippen molar-refractivity contribution in [3.8, 4) is 0 Å². The van der Waals surface area contributed by atoms with Gasteiger partial charge in [0.1, 0.15) is 0 Å². The zero-order valence-corrected chi connectivity index (χ0v) is 20.3. The fraction of sp³-hybridized carbons (Fsp3) is 0.500. The van der Waals surface area contributed by atoms with E-state index in [0.29, 0.717) is 55.8 Å². The molecule has 2 aliphatic heterocycles. The van der Waals surface area contributed by atoms with Crippen LogP contribution in [-0.2, 0) is 4.79 Å². The minimum atomic E-state index is -0.353. The molecule has 8 heteroatoms. The van der Waals surface area contributed by atoms with Crippen molar-refractivity contribution in [3.05, 3.63) is 53.5 Å². The maximum absolute atomic E-state index is 13.1. The highest BCUT2D eigenvalue weighted by molar-refractivity contribution is 6.04. The average molecular weight is 467 g/mol. The fourth-order valence-electron chi connectivity index (χ4n) is 4.93. The van der Waals surface area contributed by atoms with Gasteiger partial charge >= 0.3 is 0 Å². The molecule has 2 aliphatic rings. The van der Waals surface area contributed by atoms with Crippen molar-refractivity contribution in [1.82, 2.24) is 14.7 Å². The smallest absolute Gasteiger partial charge is 0.291 e. The molecule has 0 spiro atoms. The van der Waals surface area contributed by atoms with E-state index < -0.39 is 0 Å². The Labute approximate surface area is 200 Å². The molecule has 8 nitrogen and oxygen atoms in total. The largest absolute Gasteiger partial charge is 0.459 e. The molecule has 3 heterocycles. The summed E-state index contributed by atoms with van der Waals surface area (Å²) < 4.78 is 5.15. The summed E-state index contributed by atoms with van der Waals surface area (Å²) in [6, 6.07) is 8.58. The Morgan fingerprint density at radius 2 is 1.71 bits per heavy atom. The highest BCUT2D eigenvalue weighted by Gasteiger charge is 2.28. The van der Waals surface area contributed by atoms with Crippen LogP contribution in [0.5, 0.6) is 0 Å². The lowest BCUT2D eigenvalue weighted by Crippen LogP contribution is -2.53. The van der Waals surface area contributed by atoms with Gasteiger partial charge in [0.25, 0.3) is 11.8 Å². The lowest BCUT2D eigenvalue weighted by molar-refractivity contribution is -0.135. The van der Waals surface area contributed by atoms with Crippen LogP contribution in [0.1, 0.15) is 46.7 Å². The summed E-state index contributed by atoms with van der Waals surface area (Å²) in [7, 11) is 0. The number of aryl methyl sites for hydroxylation is 1. The number of hydrogen-bond donors (Lipinski definition) is 1. The Morgan fingerprint density at radius 3 is 2.35 bits per heavy atom. The topological polar surface area (TPSA) is 86.1 Å². The number of piperidine rings is 1. The number of hydrogen-bond acceptors (Lipinski definition) is 5. The number of furan rings is 1. The summed E-state index contributed by atoms with van der Waals surface area (Å²) in [5.41, 5.74) is 1.98. The molecule has 1 aromatic carbocycles. The molecule has 0 unspecified atom stereocenters. The van der Waals surface area contributed by atoms with Crippen molar-refractivity contribution in [1.29, 1.82) is 0 Å². The highest BCUT2D eigenvalue weighted by Crippen LogP contribution is 2.22. The third-order valence-electron chi connectivity index (χ3n) is 6.72. The first-order valence-corrected chi connectivity index (χ1v) is 12.0. The van der Waals surface area contributed by atoms with Gasteiger partial charge in [-0.25, -0.2) is 0 Å². The lowest BCUT2D eigenvalue weighted by Gasteiger charge is -2.38. The van der Waals surface area contributed by atoms with Crippen molar-refractivity contribution < 1.29 is 18.8 Å². The second-order valence-corrected chi connectivity index (χ2v) is 9.77. The molecule has 0 saturated carbocycles. The first-order valence-electron chi connectivity index (χ1n) is 12.0. The minimum absolute atomic E-state index is 0.0712. The third-order valence-corrected chi connectivity index (χ3v) is 6.72. The van der Waals surface area contributed by atoms with Gasteiger partial charge in [0, 0.05) is 50.5 Å². The lowest BCUT2D eigenvalue weighted by atomic mass is 9.92. The van der Waals surface area contributed by atoms with Crippen molar-refractivity contribution in [2.45, 2.75) is 27.2 Å². The van der Waals surface area contributed by atoms with Gasteiger partial charge in [-0.15, -0.1) is 0 Å². The molecule has 4 rings (SSSR count). The maximum Gasteiger partial charge on any atom is 0.291 e. The molecule has 2 fully saturated rings. The molecule has 2 saturated heterocycles. The first kappa shape index (κ1) is 24.0. The Kier molecular flexibility index (Phi) is 7.36. The van der Waals surface area contributed by atoms with Gasteiger partial charge in [-0.1, -0.05) is 19.9 Å². The van der Waals surface area contributed by atoms with E-state index in [1.165, 1.54) is 12.7 Å². The van der Waals surface area contributed by atoms with Crippen molar-refractivity contribution in [2.75, 3.05) is 51.1 Å². The number of amides is 3. The first-order chi connectivity index (χ1) is 16.3. The van der Waals surface area contributed by atoms with E-state index in [2.05, 4.69) is 24.1 Å². The summed E-state index contributed by atoms with van der Waals surface area (Å²) in [5.74, 6) is 1.08. The maximum atomic E-state index is 13.1. The molecule has 1 aromatic heterocycles. The standard InChI is InChI=1S/C26H34N4O4/c1-18-13-19(2)16-30(15-18)24(31)17-28-8-10-29(11-9-28)26(33)21-7-6-20(3)22(14-21)27-25(32)23-5-4-12-34-23/h4-7,12,14,18-19H,8-11,13,15-17H2,1-3H3,(H,27,32)/t18-,19-/m0/s1. The fourth-order valence-corrected chi connectivity index (χ4v) is 4.93. The molecular weight excluding hydrogens is 432 g/mol. The molecule has 182 valence electrons. The number of carbonyl (C=O) groups is 3. The van der Waals surface area contributed by atoms with Gasteiger partial charge in [-0.3, -0.25) is 19.3 Å². The molecule has 1 N–H and O–H groups in total. The number of anilines is 1. The SMILES string of the molecule is Cc1ccc(C(=O)N2CCN(CC(=O)N3C[C@@H](C)C[C@H](C)C3)CC2)cc1NC(=O)c1ccco1. The molecule has 3 amide bonds. The van der Waals surface area contributed by atoms with Gasteiger partial charge in [-0.2, -0.15) is 0 Å². The van der Waals surface area contributed by atoms with Crippen molar-refractivity contribution in [3.63, 3.8) is 0 Å². The summed E-state index contributed by atoms with van der Waals surface area (Å²) in [4.78, 5) is 44.2. The average Bonchev–Trinajstić information content (AvgIpc) is 3.35. The van der Waals surface area contributed by atoms with Crippen LogP contribution in [0.2, 0.25) is 0 Å². The zero-order chi connectivity index (χ0) is 24.2. The van der Waals surface area contributed by atoms with Gasteiger partial charge in [-0.05, 0) is 55.0 Å². The van der Waals surface area contributed by atoms with Crippen LogP contribution in [0.15, 0.2) is 41.0 Å². The van der Waals surface area contributed by atoms with Crippen molar-refractivity contribution >= 4 is 23.4 Å². The van der Waals surface area contributed by atoms with Gasteiger partial charge in [0.2, 0.25) is 5.91 Å². The van der Waals surface area contributed by atoms with Crippen LogP contribution in [0, 0.1) is 18.8 Å². The highest BCUT2D eigenvalue weighted by atomic mass is 16.3. The van der Waals surface area contributed by atoms with E-state index in [1.54, 1.807) is 24.3 Å². The van der Waals surface area contributed by atoms with E-state index >= 15 is 0 Å². The normalized spacial score (nSPS) is 21.4. The van der Waals surface area contributed by atoms with Crippen LogP contribution in [0.4, 0.5) is 5.69 Å². The summed E-state index contributed by atoms with van der Waals surface area (Å²) in [5, 5.41) is 2.82. The van der Waals surface area contributed by atoms with Crippen LogP contribution >= 0.6 is 0 Å². The molecule has 2 atom stereocenters. The van der Waals surface area contributed by atoms with Gasteiger partial charge < -0.3 is 19.5 Å². The van der Waals surface area contributed by atoms with E-state index in [1.807, 2.05) is 22.8 Å². The number of carbonyl (C=O) groups excluding carboxylic acids is 3. The number of likely N-dealkylation sites (tertiary alicyclic amines) is 1. The van der Waals surface area contributed by atoms with E-state index in [0.717, 1.165) is 18.7 Å². The van der Waals surface area contributed by atoms with E-state index in [4.69, 9.17) is 4.42 Å². The monoisotopic (exact) mass is 466 g/mol. The quantitative estimate of drug-likeness (QED) is 0.732. The zero-order valence-electron chi connectivity index (χ0n) is 20.3. The second kappa shape index (κ2) is 10.4.